The van der Waals surface area contributed by atoms with Gasteiger partial charge in [0.05, 0.1) is 0 Å². The molecule has 1 atom stereocenters. The molecule has 0 bridgehead atoms. The van der Waals surface area contributed by atoms with Gasteiger partial charge in [-0.1, -0.05) is 18.0 Å². The van der Waals surface area contributed by atoms with Crippen LogP contribution in [0.25, 0.3) is 0 Å². The molecule has 6 heteroatoms. The molecule has 0 saturated carbocycles. The van der Waals surface area contributed by atoms with Gasteiger partial charge in [-0.15, -0.1) is 0 Å². The van der Waals surface area contributed by atoms with Crippen molar-refractivity contribution in [3.8, 4) is 0 Å². The van der Waals surface area contributed by atoms with E-state index in [1.807, 2.05) is 30.3 Å². The van der Waals surface area contributed by atoms with Crippen molar-refractivity contribution in [2.45, 2.75) is 6.92 Å². The fourth-order valence-electron chi connectivity index (χ4n) is 0.321. The van der Waals surface area contributed by atoms with Gasteiger partial charge in [-0.2, -0.15) is 18.2 Å². The van der Waals surface area contributed by atoms with E-state index in [-0.39, 0.29) is 22.8 Å². The summed E-state index contributed by atoms with van der Waals surface area (Å²) in [6.45, 7) is 10.6. The molecule has 0 fully saturated rings. The zero-order chi connectivity index (χ0) is 11.8. The van der Waals surface area contributed by atoms with Crippen LogP contribution in [0.3, 0.4) is 0 Å². The van der Waals surface area contributed by atoms with Gasteiger partial charge in [0, 0.05) is 5.75 Å². The van der Waals surface area contributed by atoms with E-state index in [1.165, 1.54) is 0 Å². The van der Waals surface area contributed by atoms with E-state index >= 15 is 0 Å². The second-order valence-corrected chi connectivity index (χ2v) is 2.74. The minimum absolute atomic E-state index is 0. The van der Waals surface area contributed by atoms with Crippen molar-refractivity contribution in [1.29, 1.82) is 0 Å². The van der Waals surface area contributed by atoms with Crippen molar-refractivity contribution >= 4 is 11.1 Å². The van der Waals surface area contributed by atoms with Crippen LogP contribution in [0, 0.1) is 13.3 Å². The second kappa shape index (κ2) is 29.2. The zero-order valence-electron chi connectivity index (χ0n) is 7.99. The van der Waals surface area contributed by atoms with Crippen LogP contribution in [0.5, 0.6) is 0 Å². The molecular weight excluding hydrogens is 260 g/mol. The van der Waals surface area contributed by atoms with E-state index in [9.17, 15) is 8.76 Å². The van der Waals surface area contributed by atoms with E-state index in [2.05, 4.69) is 13.3 Å². The fourth-order valence-corrected chi connectivity index (χ4v) is 0.321. The average Bonchev–Trinajstić information content (AvgIpc) is 2.82. The van der Waals surface area contributed by atoms with E-state index in [0.717, 1.165) is 0 Å². The molecule has 0 radical (unpaired) electrons. The predicted octanol–water partition coefficient (Wildman–Crippen LogP) is 1.21. The first kappa shape index (κ1) is 23.9. The summed E-state index contributed by atoms with van der Waals surface area (Å²) in [5.74, 6) is 0.222. The standard InChI is InChI=1S/C5H5.C2H6O2S.2CO.Fe/c1-2-4-5-3-1;1-2-5(3)4;2*1-2;/h1-5H;2H2,1H3,(H,3,4);;;/q-1;;;;+6/p-1. The van der Waals surface area contributed by atoms with Gasteiger partial charge in [0.1, 0.15) is 0 Å². The Morgan fingerprint density at radius 2 is 1.53 bits per heavy atom. The first-order valence-electron chi connectivity index (χ1n) is 3.40. The molecule has 0 aliphatic heterocycles. The number of rotatable bonds is 1. The van der Waals surface area contributed by atoms with Crippen LogP contribution >= 0.6 is 0 Å². The quantitative estimate of drug-likeness (QED) is 0.333. The monoisotopic (exact) mass is 270 g/mol. The Kier molecular flexibility index (Phi) is 46.6. The largest absolute Gasteiger partial charge is 6.00 e. The van der Waals surface area contributed by atoms with Crippen LogP contribution in [0.4, 0.5) is 0 Å². The summed E-state index contributed by atoms with van der Waals surface area (Å²) in [7, 11) is 0. The molecule has 0 aliphatic carbocycles. The minimum atomic E-state index is -1.82. The summed E-state index contributed by atoms with van der Waals surface area (Å²) < 4.78 is 33.7. The summed E-state index contributed by atoms with van der Waals surface area (Å²) in [4.78, 5) is 0. The topological polar surface area (TPSA) is 79.9 Å². The SMILES string of the molecule is CCS(=O)[O-].[C-]#[O+].[C-]#[O+].[Fe+6].c1cc[cH-]c1. The van der Waals surface area contributed by atoms with Gasteiger partial charge >= 0.3 is 39.7 Å². The molecule has 1 aromatic rings. The van der Waals surface area contributed by atoms with Gasteiger partial charge < -0.3 is 4.55 Å². The fraction of sp³-hybridized carbons (Fsp3) is 0.222. The van der Waals surface area contributed by atoms with E-state index in [1.54, 1.807) is 6.92 Å². The third-order valence-corrected chi connectivity index (χ3v) is 1.26. The van der Waals surface area contributed by atoms with E-state index in [0.29, 0.717) is 0 Å². The van der Waals surface area contributed by atoms with Crippen LogP contribution in [0.1, 0.15) is 6.92 Å². The smallest absolute Gasteiger partial charge is 0.214 e. The summed E-state index contributed by atoms with van der Waals surface area (Å²) in [5.41, 5.74) is 0. The molecule has 1 rings (SSSR count). The Morgan fingerprint density at radius 3 is 1.60 bits per heavy atom. The summed E-state index contributed by atoms with van der Waals surface area (Å²) in [6, 6.07) is 10.0. The van der Waals surface area contributed by atoms with Crippen LogP contribution in [-0.2, 0) is 37.5 Å². The van der Waals surface area contributed by atoms with Gasteiger partial charge in [0.2, 0.25) is 0 Å². The van der Waals surface area contributed by atoms with Gasteiger partial charge in [-0.05, 0) is 0 Å². The maximum absolute atomic E-state index is 9.37. The third-order valence-electron chi connectivity index (χ3n) is 0.791. The maximum atomic E-state index is 9.37. The molecule has 0 N–H and O–H groups in total. The molecule has 15 heavy (non-hydrogen) atoms. The molecule has 1 aromatic carbocycles. The molecule has 4 nitrogen and oxygen atoms in total. The van der Waals surface area contributed by atoms with Crippen LogP contribution in [0.15, 0.2) is 30.3 Å². The Labute approximate surface area is 103 Å². The molecule has 0 heterocycles. The van der Waals surface area contributed by atoms with E-state index in [4.69, 9.17) is 9.30 Å². The Bertz CT molecular complexity index is 208. The molecular formula is C9H10FeO4S+4. The molecule has 1 unspecified atom stereocenters. The van der Waals surface area contributed by atoms with Crippen molar-refractivity contribution in [2.24, 2.45) is 0 Å². The molecule has 0 aliphatic rings. The second-order valence-electron chi connectivity index (χ2n) is 1.55. The summed E-state index contributed by atoms with van der Waals surface area (Å²) >= 11 is -1.82. The van der Waals surface area contributed by atoms with Crippen LogP contribution in [-0.4, -0.2) is 14.5 Å². The van der Waals surface area contributed by atoms with Crippen LogP contribution < -0.4 is 0 Å². The first-order valence-corrected chi connectivity index (χ1v) is 4.65. The molecule has 0 spiro atoms. The Hall–Kier alpha value is -0.541. The van der Waals surface area contributed by atoms with Crippen molar-refractivity contribution < 1.29 is 35.1 Å². The van der Waals surface area contributed by atoms with Crippen molar-refractivity contribution in [3.05, 3.63) is 43.6 Å². The average molecular weight is 270 g/mol. The molecule has 0 aromatic heterocycles. The number of hydrogen-bond acceptors (Lipinski definition) is 2. The van der Waals surface area contributed by atoms with Crippen molar-refractivity contribution in [1.82, 2.24) is 0 Å². The normalized spacial score (nSPS) is 7.87. The van der Waals surface area contributed by atoms with Gasteiger partial charge in [0.25, 0.3) is 0 Å². The molecule has 0 amide bonds. The third kappa shape index (κ3) is 42.4. The molecule has 80 valence electrons. The maximum Gasteiger partial charge on any atom is 6.00 e. The predicted molar refractivity (Wildman–Crippen MR) is 49.4 cm³/mol. The summed E-state index contributed by atoms with van der Waals surface area (Å²) in [5, 5.41) is 0. The minimum Gasteiger partial charge on any atom is -0.214 e. The van der Waals surface area contributed by atoms with E-state index < -0.39 is 11.1 Å². The number of hydrogen-bond donors (Lipinski definition) is 0. The van der Waals surface area contributed by atoms with Gasteiger partial charge in [0.15, 0.2) is 0 Å². The Morgan fingerprint density at radius 1 is 1.27 bits per heavy atom. The van der Waals surface area contributed by atoms with Gasteiger partial charge in [-0.3, -0.25) is 4.21 Å². The summed E-state index contributed by atoms with van der Waals surface area (Å²) in [6.07, 6.45) is 0. The van der Waals surface area contributed by atoms with Gasteiger partial charge in [-0.25, -0.2) is 12.1 Å². The zero-order valence-corrected chi connectivity index (χ0v) is 9.91. The van der Waals surface area contributed by atoms with Crippen LogP contribution in [0.2, 0.25) is 0 Å². The molecule has 0 saturated heterocycles. The van der Waals surface area contributed by atoms with Crippen molar-refractivity contribution in [3.63, 3.8) is 0 Å². The Balaban J connectivity index is -0.0000000580. The van der Waals surface area contributed by atoms with Crippen molar-refractivity contribution in [2.75, 3.05) is 5.75 Å². The first-order chi connectivity index (χ1) is 6.77.